The van der Waals surface area contributed by atoms with Gasteiger partial charge >= 0.3 is 0 Å². The van der Waals surface area contributed by atoms with Gasteiger partial charge in [-0.05, 0) is 18.6 Å². The van der Waals surface area contributed by atoms with Gasteiger partial charge < -0.3 is 20.5 Å². The number of nitrogens with two attached hydrogens (primary N) is 1. The van der Waals surface area contributed by atoms with E-state index in [1.54, 1.807) is 6.07 Å². The van der Waals surface area contributed by atoms with E-state index in [1.807, 2.05) is 30.3 Å². The molecule has 1 aromatic carbocycles. The standard InChI is InChI=1S/C15H20N4O2/c1-2-8-17-13-11-14(19-15(16)18-13)21-10-9-20-12-6-4-3-5-7-12/h3-7,11H,2,8-10H2,1H3,(H3,16,17,18,19). The second kappa shape index (κ2) is 7.94. The van der Waals surface area contributed by atoms with Crippen LogP contribution in [-0.4, -0.2) is 29.7 Å². The third-order valence-electron chi connectivity index (χ3n) is 2.62. The third-order valence-corrected chi connectivity index (χ3v) is 2.62. The molecule has 0 unspecified atom stereocenters. The quantitative estimate of drug-likeness (QED) is 0.725. The fourth-order valence-corrected chi connectivity index (χ4v) is 1.68. The number of aromatic nitrogens is 2. The van der Waals surface area contributed by atoms with Gasteiger partial charge in [-0.2, -0.15) is 9.97 Å². The van der Waals surface area contributed by atoms with Crippen molar-refractivity contribution < 1.29 is 9.47 Å². The molecule has 0 atom stereocenters. The van der Waals surface area contributed by atoms with Crippen LogP contribution in [0, 0.1) is 0 Å². The maximum atomic E-state index is 5.65. The molecule has 2 rings (SSSR count). The summed E-state index contributed by atoms with van der Waals surface area (Å²) in [7, 11) is 0. The summed E-state index contributed by atoms with van der Waals surface area (Å²) in [6.07, 6.45) is 1.00. The summed E-state index contributed by atoms with van der Waals surface area (Å²) in [5, 5.41) is 3.15. The van der Waals surface area contributed by atoms with Crippen molar-refractivity contribution in [3.8, 4) is 11.6 Å². The number of nitrogens with zero attached hydrogens (tertiary/aromatic N) is 2. The van der Waals surface area contributed by atoms with E-state index in [1.165, 1.54) is 0 Å². The Bertz CT molecular complexity index is 549. The summed E-state index contributed by atoms with van der Waals surface area (Å²) < 4.78 is 11.1. The summed E-state index contributed by atoms with van der Waals surface area (Å²) in [6.45, 7) is 3.73. The van der Waals surface area contributed by atoms with Crippen LogP contribution < -0.4 is 20.5 Å². The lowest BCUT2D eigenvalue weighted by Crippen LogP contribution is -2.11. The van der Waals surface area contributed by atoms with Gasteiger partial charge in [0.25, 0.3) is 0 Å². The first-order valence-electron chi connectivity index (χ1n) is 6.97. The third kappa shape index (κ3) is 5.18. The van der Waals surface area contributed by atoms with Crippen molar-refractivity contribution in [2.24, 2.45) is 0 Å². The molecule has 0 saturated heterocycles. The van der Waals surface area contributed by atoms with Crippen molar-refractivity contribution in [3.05, 3.63) is 36.4 Å². The fourth-order valence-electron chi connectivity index (χ4n) is 1.68. The first-order valence-corrected chi connectivity index (χ1v) is 6.97. The minimum Gasteiger partial charge on any atom is -0.490 e. The van der Waals surface area contributed by atoms with Crippen LogP contribution in [0.1, 0.15) is 13.3 Å². The molecule has 0 fully saturated rings. The van der Waals surface area contributed by atoms with Crippen LogP contribution in [0.5, 0.6) is 11.6 Å². The van der Waals surface area contributed by atoms with Crippen LogP contribution in [-0.2, 0) is 0 Å². The molecule has 0 aliphatic heterocycles. The van der Waals surface area contributed by atoms with E-state index in [9.17, 15) is 0 Å². The Morgan fingerprint density at radius 2 is 1.86 bits per heavy atom. The number of rotatable bonds is 8. The van der Waals surface area contributed by atoms with Crippen LogP contribution in [0.4, 0.5) is 11.8 Å². The molecular formula is C15H20N4O2. The van der Waals surface area contributed by atoms with E-state index in [4.69, 9.17) is 15.2 Å². The van der Waals surface area contributed by atoms with Crippen molar-refractivity contribution in [2.75, 3.05) is 30.8 Å². The number of hydrogen-bond acceptors (Lipinski definition) is 6. The minimum atomic E-state index is 0.190. The second-order valence-electron chi connectivity index (χ2n) is 4.39. The van der Waals surface area contributed by atoms with Crippen molar-refractivity contribution in [2.45, 2.75) is 13.3 Å². The predicted molar refractivity (Wildman–Crippen MR) is 82.7 cm³/mol. The van der Waals surface area contributed by atoms with Gasteiger partial charge in [0.1, 0.15) is 24.8 Å². The van der Waals surface area contributed by atoms with Gasteiger partial charge in [0.05, 0.1) is 0 Å². The van der Waals surface area contributed by atoms with E-state index in [2.05, 4.69) is 22.2 Å². The van der Waals surface area contributed by atoms with Crippen LogP contribution in [0.3, 0.4) is 0 Å². The van der Waals surface area contributed by atoms with Gasteiger partial charge in [-0.3, -0.25) is 0 Å². The number of ether oxygens (including phenoxy) is 2. The molecule has 6 heteroatoms. The van der Waals surface area contributed by atoms with Gasteiger partial charge in [-0.1, -0.05) is 25.1 Å². The molecule has 0 aliphatic carbocycles. The Hall–Kier alpha value is -2.50. The maximum absolute atomic E-state index is 5.65. The first kappa shape index (κ1) is 14.9. The van der Waals surface area contributed by atoms with E-state index >= 15 is 0 Å². The van der Waals surface area contributed by atoms with E-state index < -0.39 is 0 Å². The topological polar surface area (TPSA) is 82.3 Å². The molecule has 0 saturated carbocycles. The van der Waals surface area contributed by atoms with Crippen LogP contribution in [0.15, 0.2) is 36.4 Å². The van der Waals surface area contributed by atoms with Crippen LogP contribution in [0.2, 0.25) is 0 Å². The zero-order chi connectivity index (χ0) is 14.9. The Kier molecular flexibility index (Phi) is 5.63. The first-order chi connectivity index (χ1) is 10.3. The average Bonchev–Trinajstić information content (AvgIpc) is 2.50. The summed E-state index contributed by atoms with van der Waals surface area (Å²) >= 11 is 0. The summed E-state index contributed by atoms with van der Waals surface area (Å²) in [6, 6.07) is 11.3. The smallest absolute Gasteiger partial charge is 0.225 e. The summed E-state index contributed by atoms with van der Waals surface area (Å²) in [5.41, 5.74) is 5.65. The molecule has 112 valence electrons. The maximum Gasteiger partial charge on any atom is 0.225 e. The van der Waals surface area contributed by atoms with Crippen molar-refractivity contribution >= 4 is 11.8 Å². The minimum absolute atomic E-state index is 0.190. The fraction of sp³-hybridized carbons (Fsp3) is 0.333. The van der Waals surface area contributed by atoms with E-state index in [-0.39, 0.29) is 5.95 Å². The molecule has 1 aromatic heterocycles. The number of nitrogen functional groups attached to an aromatic ring is 1. The molecule has 2 aromatic rings. The molecule has 1 heterocycles. The molecule has 3 N–H and O–H groups in total. The highest BCUT2D eigenvalue weighted by Crippen LogP contribution is 2.15. The molecule has 6 nitrogen and oxygen atoms in total. The number of hydrogen-bond donors (Lipinski definition) is 2. The zero-order valence-corrected chi connectivity index (χ0v) is 12.1. The molecule has 0 aliphatic rings. The Morgan fingerprint density at radius 3 is 2.62 bits per heavy atom. The summed E-state index contributed by atoms with van der Waals surface area (Å²) in [4.78, 5) is 8.13. The van der Waals surface area contributed by atoms with Gasteiger partial charge in [0.2, 0.25) is 11.8 Å². The summed E-state index contributed by atoms with van der Waals surface area (Å²) in [5.74, 6) is 2.12. The molecule has 0 radical (unpaired) electrons. The normalized spacial score (nSPS) is 10.1. The van der Waals surface area contributed by atoms with Crippen molar-refractivity contribution in [1.29, 1.82) is 0 Å². The van der Waals surface area contributed by atoms with Crippen LogP contribution in [0.25, 0.3) is 0 Å². The molecule has 21 heavy (non-hydrogen) atoms. The van der Waals surface area contributed by atoms with Gasteiger partial charge in [0, 0.05) is 12.6 Å². The second-order valence-corrected chi connectivity index (χ2v) is 4.39. The van der Waals surface area contributed by atoms with Gasteiger partial charge in [-0.15, -0.1) is 0 Å². The SMILES string of the molecule is CCCNc1cc(OCCOc2ccccc2)nc(N)n1. The highest BCUT2D eigenvalue weighted by atomic mass is 16.5. The lowest BCUT2D eigenvalue weighted by atomic mass is 10.3. The van der Waals surface area contributed by atoms with Crippen molar-refractivity contribution in [1.82, 2.24) is 9.97 Å². The molecule has 0 spiro atoms. The van der Waals surface area contributed by atoms with Gasteiger partial charge in [-0.25, -0.2) is 0 Å². The number of nitrogens with one attached hydrogen (secondary N) is 1. The number of para-hydroxylation sites is 1. The lowest BCUT2D eigenvalue weighted by molar-refractivity contribution is 0.212. The zero-order valence-electron chi connectivity index (χ0n) is 12.1. The van der Waals surface area contributed by atoms with E-state index in [0.29, 0.717) is 24.9 Å². The largest absolute Gasteiger partial charge is 0.490 e. The lowest BCUT2D eigenvalue weighted by Gasteiger charge is -2.10. The Labute approximate surface area is 124 Å². The van der Waals surface area contributed by atoms with Crippen LogP contribution >= 0.6 is 0 Å². The molecule has 0 bridgehead atoms. The molecular weight excluding hydrogens is 268 g/mol. The average molecular weight is 288 g/mol. The predicted octanol–water partition coefficient (Wildman–Crippen LogP) is 2.34. The highest BCUT2D eigenvalue weighted by molar-refractivity contribution is 5.42. The monoisotopic (exact) mass is 288 g/mol. The van der Waals surface area contributed by atoms with E-state index in [0.717, 1.165) is 18.7 Å². The highest BCUT2D eigenvalue weighted by Gasteiger charge is 2.03. The Morgan fingerprint density at radius 1 is 1.10 bits per heavy atom. The number of benzene rings is 1. The molecule has 0 amide bonds. The Balaban J connectivity index is 1.81. The van der Waals surface area contributed by atoms with Gasteiger partial charge in [0.15, 0.2) is 0 Å². The van der Waals surface area contributed by atoms with Crippen molar-refractivity contribution in [3.63, 3.8) is 0 Å². The number of anilines is 2.